The largest absolute Gasteiger partial charge is 0.418 e. The van der Waals surface area contributed by atoms with E-state index in [1.165, 1.54) is 12.1 Å². The van der Waals surface area contributed by atoms with E-state index in [2.05, 4.69) is 26.3 Å². The molecule has 1 N–H and O–H groups in total. The van der Waals surface area contributed by atoms with E-state index in [0.29, 0.717) is 0 Å². The zero-order chi connectivity index (χ0) is 15.8. The second-order valence-electron chi connectivity index (χ2n) is 4.48. The van der Waals surface area contributed by atoms with Gasteiger partial charge in [-0.2, -0.15) is 18.3 Å². The van der Waals surface area contributed by atoms with Crippen LogP contribution in [0.4, 0.5) is 18.9 Å². The molecule has 0 atom stereocenters. The summed E-state index contributed by atoms with van der Waals surface area (Å²) in [7, 11) is 1.73. The summed E-state index contributed by atoms with van der Waals surface area (Å²) < 4.78 is 41.3. The van der Waals surface area contributed by atoms with Gasteiger partial charge in [0, 0.05) is 7.05 Å². The molecule has 0 radical (unpaired) electrons. The second-order valence-corrected chi connectivity index (χ2v) is 5.68. The number of alkyl halides is 3. The summed E-state index contributed by atoms with van der Waals surface area (Å²) in [6.45, 7) is 1.98. The summed E-state index contributed by atoms with van der Waals surface area (Å²) >= 11 is 9.26. The van der Waals surface area contributed by atoms with Crippen LogP contribution >= 0.6 is 27.5 Å². The molecular weight excluding hydrogens is 371 g/mol. The topological polar surface area (TPSA) is 29.9 Å². The summed E-state index contributed by atoms with van der Waals surface area (Å²) in [5.41, 5.74) is 0.590. The number of halogens is 5. The minimum absolute atomic E-state index is 0.0276. The van der Waals surface area contributed by atoms with Crippen LogP contribution in [-0.2, 0) is 19.8 Å². The van der Waals surface area contributed by atoms with Gasteiger partial charge in [0.15, 0.2) is 0 Å². The van der Waals surface area contributed by atoms with Crippen molar-refractivity contribution in [2.45, 2.75) is 19.6 Å². The molecule has 0 unspecified atom stereocenters. The first-order valence-electron chi connectivity index (χ1n) is 5.99. The third kappa shape index (κ3) is 3.35. The SMILES string of the molecule is Cc1nn(C)c(CNc2c(Cl)cccc2C(F)(F)F)c1Br. The number of hydrogen-bond donors (Lipinski definition) is 1. The summed E-state index contributed by atoms with van der Waals surface area (Å²) in [6.07, 6.45) is -4.47. The molecule has 8 heteroatoms. The number of nitrogens with one attached hydrogen (secondary N) is 1. The number of nitrogens with zero attached hydrogens (tertiary/aromatic N) is 2. The molecule has 2 rings (SSSR count). The van der Waals surface area contributed by atoms with Crippen molar-refractivity contribution in [2.24, 2.45) is 7.05 Å². The van der Waals surface area contributed by atoms with Gasteiger partial charge in [0.2, 0.25) is 0 Å². The molecule has 0 aliphatic carbocycles. The zero-order valence-electron chi connectivity index (χ0n) is 11.2. The quantitative estimate of drug-likeness (QED) is 0.828. The van der Waals surface area contributed by atoms with Gasteiger partial charge in [0.05, 0.1) is 38.7 Å². The average Bonchev–Trinajstić information content (AvgIpc) is 2.61. The molecule has 114 valence electrons. The Balaban J connectivity index is 2.32. The second kappa shape index (κ2) is 5.88. The van der Waals surface area contributed by atoms with Crippen LogP contribution in [-0.4, -0.2) is 9.78 Å². The molecule has 0 saturated carbocycles. The summed E-state index contributed by atoms with van der Waals surface area (Å²) in [6, 6.07) is 3.70. The van der Waals surface area contributed by atoms with Gasteiger partial charge in [0.25, 0.3) is 0 Å². The number of hydrogen-bond acceptors (Lipinski definition) is 2. The third-order valence-corrected chi connectivity index (χ3v) is 4.36. The minimum Gasteiger partial charge on any atom is -0.378 e. The van der Waals surface area contributed by atoms with Gasteiger partial charge in [-0.3, -0.25) is 4.68 Å². The smallest absolute Gasteiger partial charge is 0.378 e. The van der Waals surface area contributed by atoms with E-state index in [4.69, 9.17) is 11.6 Å². The maximum Gasteiger partial charge on any atom is 0.418 e. The van der Waals surface area contributed by atoms with Crippen LogP contribution in [0.1, 0.15) is 17.0 Å². The summed E-state index contributed by atoms with van der Waals surface area (Å²) in [5.74, 6) is 0. The number of anilines is 1. The lowest BCUT2D eigenvalue weighted by Crippen LogP contribution is -2.13. The van der Waals surface area contributed by atoms with Gasteiger partial charge in [0.1, 0.15) is 0 Å². The molecule has 0 fully saturated rings. The van der Waals surface area contributed by atoms with Crippen LogP contribution in [0.5, 0.6) is 0 Å². The van der Waals surface area contributed by atoms with Gasteiger partial charge in [-0.25, -0.2) is 0 Å². The molecule has 1 heterocycles. The maximum atomic E-state index is 13.0. The predicted molar refractivity (Wildman–Crippen MR) is 79.4 cm³/mol. The third-order valence-electron chi connectivity index (χ3n) is 3.01. The minimum atomic E-state index is -4.47. The van der Waals surface area contributed by atoms with Crippen LogP contribution in [0.3, 0.4) is 0 Å². The molecule has 0 bridgehead atoms. The molecular formula is C13H12BrClF3N3. The van der Waals surface area contributed by atoms with E-state index in [1.54, 1.807) is 11.7 Å². The molecule has 0 saturated heterocycles. The lowest BCUT2D eigenvalue weighted by molar-refractivity contribution is -0.136. The Morgan fingerprint density at radius 3 is 2.57 bits per heavy atom. The van der Waals surface area contributed by atoms with Crippen molar-refractivity contribution in [1.29, 1.82) is 0 Å². The molecule has 21 heavy (non-hydrogen) atoms. The Morgan fingerprint density at radius 1 is 1.38 bits per heavy atom. The number of aromatic nitrogens is 2. The van der Waals surface area contributed by atoms with Gasteiger partial charge in [-0.05, 0) is 35.0 Å². The van der Waals surface area contributed by atoms with E-state index in [-0.39, 0.29) is 17.3 Å². The molecule has 0 aliphatic rings. The molecule has 1 aromatic carbocycles. The highest BCUT2D eigenvalue weighted by molar-refractivity contribution is 9.10. The molecule has 2 aromatic rings. The van der Waals surface area contributed by atoms with E-state index in [1.807, 2.05) is 6.92 Å². The van der Waals surface area contributed by atoms with Crippen molar-refractivity contribution in [3.05, 3.63) is 44.6 Å². The maximum absolute atomic E-state index is 13.0. The van der Waals surface area contributed by atoms with Gasteiger partial charge in [-0.1, -0.05) is 17.7 Å². The van der Waals surface area contributed by atoms with Crippen molar-refractivity contribution in [3.63, 3.8) is 0 Å². The van der Waals surface area contributed by atoms with Crippen LogP contribution in [0.2, 0.25) is 5.02 Å². The molecule has 0 aliphatic heterocycles. The van der Waals surface area contributed by atoms with Crippen LogP contribution < -0.4 is 5.32 Å². The van der Waals surface area contributed by atoms with Crippen LogP contribution in [0.15, 0.2) is 22.7 Å². The van der Waals surface area contributed by atoms with E-state index < -0.39 is 11.7 Å². The lowest BCUT2D eigenvalue weighted by atomic mass is 10.1. The fraction of sp³-hybridized carbons (Fsp3) is 0.308. The van der Waals surface area contributed by atoms with Crippen molar-refractivity contribution in [2.75, 3.05) is 5.32 Å². The van der Waals surface area contributed by atoms with E-state index in [0.717, 1.165) is 21.9 Å². The standard InChI is InChI=1S/C13H12BrClF3N3/c1-7-11(14)10(21(2)20-7)6-19-12-8(13(16,17)18)4-3-5-9(12)15/h3-5,19H,6H2,1-2H3. The monoisotopic (exact) mass is 381 g/mol. The lowest BCUT2D eigenvalue weighted by Gasteiger charge is -2.16. The Bertz CT molecular complexity index is 667. The molecule has 3 nitrogen and oxygen atoms in total. The average molecular weight is 383 g/mol. The van der Waals surface area contributed by atoms with Gasteiger partial charge < -0.3 is 5.32 Å². The molecule has 0 amide bonds. The number of benzene rings is 1. The fourth-order valence-corrected chi connectivity index (χ4v) is 2.70. The van der Waals surface area contributed by atoms with Gasteiger partial charge >= 0.3 is 6.18 Å². The Kier molecular flexibility index (Phi) is 4.53. The van der Waals surface area contributed by atoms with Crippen molar-refractivity contribution in [3.8, 4) is 0 Å². The summed E-state index contributed by atoms with van der Waals surface area (Å²) in [5, 5.41) is 6.98. The van der Waals surface area contributed by atoms with Crippen molar-refractivity contribution in [1.82, 2.24) is 9.78 Å². The van der Waals surface area contributed by atoms with Crippen LogP contribution in [0.25, 0.3) is 0 Å². The van der Waals surface area contributed by atoms with Crippen molar-refractivity contribution < 1.29 is 13.2 Å². The van der Waals surface area contributed by atoms with E-state index in [9.17, 15) is 13.2 Å². The van der Waals surface area contributed by atoms with Crippen LogP contribution in [0, 0.1) is 6.92 Å². The predicted octanol–water partition coefficient (Wildman–Crippen LogP) is 4.78. The summed E-state index contributed by atoms with van der Waals surface area (Å²) in [4.78, 5) is 0. The Hall–Kier alpha value is -1.21. The first-order chi connectivity index (χ1) is 9.71. The first kappa shape index (κ1) is 16.2. The highest BCUT2D eigenvalue weighted by Gasteiger charge is 2.34. The number of rotatable bonds is 3. The Labute approximate surface area is 133 Å². The van der Waals surface area contributed by atoms with E-state index >= 15 is 0 Å². The highest BCUT2D eigenvalue weighted by atomic mass is 79.9. The Morgan fingerprint density at radius 2 is 2.05 bits per heavy atom. The molecule has 1 aromatic heterocycles. The first-order valence-corrected chi connectivity index (χ1v) is 7.16. The number of para-hydroxylation sites is 1. The normalized spacial score (nSPS) is 11.8. The molecule has 0 spiro atoms. The fourth-order valence-electron chi connectivity index (χ4n) is 1.98. The zero-order valence-corrected chi connectivity index (χ0v) is 13.6. The van der Waals surface area contributed by atoms with Crippen molar-refractivity contribution >= 4 is 33.2 Å². The number of aryl methyl sites for hydroxylation is 2. The highest BCUT2D eigenvalue weighted by Crippen LogP contribution is 2.38. The van der Waals surface area contributed by atoms with Gasteiger partial charge in [-0.15, -0.1) is 0 Å².